The maximum absolute atomic E-state index is 12.8. The van der Waals surface area contributed by atoms with Crippen LogP contribution in [-0.2, 0) is 0 Å². The zero-order valence-corrected chi connectivity index (χ0v) is 9.33. The van der Waals surface area contributed by atoms with E-state index in [-0.39, 0.29) is 12.4 Å². The van der Waals surface area contributed by atoms with Crippen LogP contribution in [0.4, 0.5) is 26.3 Å². The highest BCUT2D eigenvalue weighted by atomic mass is 35.5. The van der Waals surface area contributed by atoms with Crippen LogP contribution in [0.5, 0.6) is 5.75 Å². The molecule has 0 bridgehead atoms. The molecule has 104 valence electrons. The molecule has 0 aromatic heterocycles. The third kappa shape index (κ3) is 2.81. The first-order chi connectivity index (χ1) is 7.59. The molecule has 9 heteroatoms. The molecule has 0 spiro atoms. The van der Waals surface area contributed by atoms with Crippen LogP contribution in [0.2, 0.25) is 0 Å². The van der Waals surface area contributed by atoms with Gasteiger partial charge in [0.25, 0.3) is 0 Å². The summed E-state index contributed by atoms with van der Waals surface area (Å²) in [5.74, 6) is -7.90. The Labute approximate surface area is 104 Å². The molecular formula is C9H8ClF6NO. The summed E-state index contributed by atoms with van der Waals surface area (Å²) in [6.45, 7) is 0. The molecule has 0 heterocycles. The molecule has 0 fully saturated rings. The molecule has 0 saturated heterocycles. The first-order valence-electron chi connectivity index (χ1n) is 4.26. The lowest BCUT2D eigenvalue weighted by Gasteiger charge is -2.26. The Balaban J connectivity index is 0.00000289. The molecule has 0 aliphatic rings. The van der Waals surface area contributed by atoms with Gasteiger partial charge in [0.15, 0.2) is 11.6 Å². The number of para-hydroxylation sites is 1. The second kappa shape index (κ2) is 5.23. The van der Waals surface area contributed by atoms with Crippen molar-refractivity contribution in [3.05, 3.63) is 29.6 Å². The van der Waals surface area contributed by atoms with Crippen LogP contribution in [0.1, 0.15) is 11.6 Å². The van der Waals surface area contributed by atoms with Gasteiger partial charge >= 0.3 is 12.1 Å². The SMILES string of the molecule is Cl.N[C@@H](c1cccc(F)c1O)C(F)(F)C(F)(F)F. The van der Waals surface area contributed by atoms with Crippen molar-refractivity contribution in [2.75, 3.05) is 0 Å². The van der Waals surface area contributed by atoms with E-state index in [4.69, 9.17) is 10.8 Å². The van der Waals surface area contributed by atoms with E-state index in [0.29, 0.717) is 12.1 Å². The number of phenolic OH excluding ortho intramolecular Hbond substituents is 1. The van der Waals surface area contributed by atoms with Gasteiger partial charge in [0.05, 0.1) is 0 Å². The molecule has 1 rings (SSSR count). The van der Waals surface area contributed by atoms with Gasteiger partial charge in [-0.25, -0.2) is 4.39 Å². The second-order valence-corrected chi connectivity index (χ2v) is 3.28. The molecule has 1 aromatic rings. The minimum atomic E-state index is -5.88. The van der Waals surface area contributed by atoms with Crippen LogP contribution in [0, 0.1) is 5.82 Å². The first kappa shape index (κ1) is 16.9. The van der Waals surface area contributed by atoms with Crippen LogP contribution in [0.3, 0.4) is 0 Å². The molecule has 3 N–H and O–H groups in total. The summed E-state index contributed by atoms with van der Waals surface area (Å²) >= 11 is 0. The van der Waals surface area contributed by atoms with E-state index in [1.807, 2.05) is 0 Å². The molecule has 0 saturated carbocycles. The summed E-state index contributed by atoms with van der Waals surface area (Å²) in [6.07, 6.45) is -5.88. The zero-order chi connectivity index (χ0) is 13.4. The lowest BCUT2D eigenvalue weighted by Crippen LogP contribution is -2.45. The number of nitrogens with two attached hydrogens (primary N) is 1. The van der Waals surface area contributed by atoms with E-state index in [1.165, 1.54) is 0 Å². The summed E-state index contributed by atoms with van der Waals surface area (Å²) in [4.78, 5) is 0. The Hall–Kier alpha value is -1.15. The van der Waals surface area contributed by atoms with Gasteiger partial charge in [-0.15, -0.1) is 12.4 Å². The smallest absolute Gasteiger partial charge is 0.455 e. The van der Waals surface area contributed by atoms with Gasteiger partial charge in [-0.2, -0.15) is 22.0 Å². The topological polar surface area (TPSA) is 46.2 Å². The molecule has 0 aliphatic carbocycles. The van der Waals surface area contributed by atoms with Gasteiger partial charge in [0.2, 0.25) is 0 Å². The van der Waals surface area contributed by atoms with Crippen LogP contribution in [0.15, 0.2) is 18.2 Å². The highest BCUT2D eigenvalue weighted by Gasteiger charge is 2.62. The summed E-state index contributed by atoms with van der Waals surface area (Å²) in [7, 11) is 0. The lowest BCUT2D eigenvalue weighted by molar-refractivity contribution is -0.291. The van der Waals surface area contributed by atoms with Crippen molar-refractivity contribution in [1.82, 2.24) is 0 Å². The van der Waals surface area contributed by atoms with Gasteiger partial charge in [-0.3, -0.25) is 0 Å². The van der Waals surface area contributed by atoms with E-state index in [9.17, 15) is 26.3 Å². The van der Waals surface area contributed by atoms with Crippen molar-refractivity contribution in [3.8, 4) is 5.75 Å². The van der Waals surface area contributed by atoms with Crippen molar-refractivity contribution in [1.29, 1.82) is 0 Å². The van der Waals surface area contributed by atoms with Gasteiger partial charge in [0.1, 0.15) is 6.04 Å². The number of benzene rings is 1. The second-order valence-electron chi connectivity index (χ2n) is 3.28. The van der Waals surface area contributed by atoms with Crippen molar-refractivity contribution in [2.45, 2.75) is 18.1 Å². The van der Waals surface area contributed by atoms with E-state index in [0.717, 1.165) is 6.07 Å². The Morgan fingerprint density at radius 1 is 1.11 bits per heavy atom. The molecule has 0 amide bonds. The van der Waals surface area contributed by atoms with E-state index in [2.05, 4.69) is 0 Å². The van der Waals surface area contributed by atoms with Gasteiger partial charge in [0, 0.05) is 5.56 Å². The number of aromatic hydroxyl groups is 1. The minimum absolute atomic E-state index is 0. The maximum atomic E-state index is 12.8. The number of rotatable bonds is 2. The molecular weight excluding hydrogens is 288 g/mol. The standard InChI is InChI=1S/C9H7F6NO.ClH/c10-5-3-1-2-4(6(5)17)7(16)8(11,12)9(13,14)15;/h1-3,7,17H,16H2;1H/t7-;/m0./s1. The first-order valence-corrected chi connectivity index (χ1v) is 4.26. The average molecular weight is 296 g/mol. The third-order valence-corrected chi connectivity index (χ3v) is 2.12. The lowest BCUT2D eigenvalue weighted by atomic mass is 10.00. The molecule has 0 radical (unpaired) electrons. The summed E-state index contributed by atoms with van der Waals surface area (Å²) in [6, 6.07) is -0.602. The van der Waals surface area contributed by atoms with Gasteiger partial charge in [-0.05, 0) is 6.07 Å². The van der Waals surface area contributed by atoms with Crippen molar-refractivity contribution in [3.63, 3.8) is 0 Å². The largest absolute Gasteiger partial charge is 0.505 e. The molecule has 0 aliphatic heterocycles. The van der Waals surface area contributed by atoms with Crippen molar-refractivity contribution in [2.24, 2.45) is 5.73 Å². The Bertz CT molecular complexity index is 422. The molecule has 1 atom stereocenters. The highest BCUT2D eigenvalue weighted by Crippen LogP contribution is 2.45. The van der Waals surface area contributed by atoms with Gasteiger partial charge < -0.3 is 10.8 Å². The fraction of sp³-hybridized carbons (Fsp3) is 0.333. The van der Waals surface area contributed by atoms with Crippen LogP contribution in [-0.4, -0.2) is 17.2 Å². The summed E-state index contributed by atoms with van der Waals surface area (Å²) in [5, 5.41) is 9.04. The van der Waals surface area contributed by atoms with Crippen LogP contribution < -0.4 is 5.73 Å². The molecule has 1 aromatic carbocycles. The summed E-state index contributed by atoms with van der Waals surface area (Å²) in [5.41, 5.74) is 3.72. The average Bonchev–Trinajstić information content (AvgIpc) is 2.19. The van der Waals surface area contributed by atoms with E-state index >= 15 is 0 Å². The molecule has 0 unspecified atom stereocenters. The van der Waals surface area contributed by atoms with E-state index in [1.54, 1.807) is 0 Å². The predicted octanol–water partition coefficient (Wildman–Crippen LogP) is 3.15. The molecule has 18 heavy (non-hydrogen) atoms. The maximum Gasteiger partial charge on any atom is 0.455 e. The predicted molar refractivity (Wildman–Crippen MR) is 53.2 cm³/mol. The van der Waals surface area contributed by atoms with Crippen LogP contribution in [0.25, 0.3) is 0 Å². The number of phenols is 1. The third-order valence-electron chi connectivity index (χ3n) is 2.12. The van der Waals surface area contributed by atoms with Crippen molar-refractivity contribution < 1.29 is 31.4 Å². The number of hydrogen-bond acceptors (Lipinski definition) is 2. The van der Waals surface area contributed by atoms with Gasteiger partial charge in [-0.1, -0.05) is 12.1 Å². The Morgan fingerprint density at radius 3 is 2.06 bits per heavy atom. The van der Waals surface area contributed by atoms with Crippen LogP contribution >= 0.6 is 12.4 Å². The number of hydrogen-bond donors (Lipinski definition) is 2. The quantitative estimate of drug-likeness (QED) is 0.823. The van der Waals surface area contributed by atoms with Crippen molar-refractivity contribution >= 4 is 12.4 Å². The zero-order valence-electron chi connectivity index (χ0n) is 8.51. The fourth-order valence-corrected chi connectivity index (χ4v) is 1.15. The Kier molecular flexibility index (Phi) is 4.90. The highest BCUT2D eigenvalue weighted by molar-refractivity contribution is 5.85. The molecule has 2 nitrogen and oxygen atoms in total. The minimum Gasteiger partial charge on any atom is -0.505 e. The fourth-order valence-electron chi connectivity index (χ4n) is 1.15. The normalized spacial score (nSPS) is 13.9. The monoisotopic (exact) mass is 295 g/mol. The Morgan fingerprint density at radius 2 is 1.61 bits per heavy atom. The number of alkyl halides is 5. The number of halogens is 7. The van der Waals surface area contributed by atoms with E-state index < -0.39 is 35.3 Å². The summed E-state index contributed by atoms with van der Waals surface area (Å²) < 4.78 is 74.5.